The molecule has 0 saturated heterocycles. The second-order valence-electron chi connectivity index (χ2n) is 14.1. The lowest BCUT2D eigenvalue weighted by Crippen LogP contribution is -2.60. The molecule has 0 unspecified atom stereocenters. The highest BCUT2D eigenvalue weighted by Gasteiger charge is 2.33. The lowest BCUT2D eigenvalue weighted by atomic mass is 10.0. The van der Waals surface area contributed by atoms with E-state index in [0.717, 1.165) is 0 Å². The van der Waals surface area contributed by atoms with E-state index >= 15 is 0 Å². The number of benzene rings is 2. The van der Waals surface area contributed by atoms with E-state index in [1.54, 1.807) is 36.6 Å². The lowest BCUT2D eigenvalue weighted by Gasteiger charge is -2.26. The molecule has 24 heteroatoms. The Morgan fingerprint density at radius 2 is 1.16 bits per heavy atom. The summed E-state index contributed by atoms with van der Waals surface area (Å²) < 4.78 is 5.07. The minimum Gasteiger partial charge on any atom is -0.508 e. The molecule has 23 nitrogen and oxygen atoms in total. The average Bonchev–Trinajstić information content (AvgIpc) is 3.25. The summed E-state index contributed by atoms with van der Waals surface area (Å²) in [5, 5.41) is 54.4. The number of aromatic hydroxyl groups is 1. The Balaban J connectivity index is 2.14. The Morgan fingerprint density at radius 1 is 0.641 bits per heavy atom. The van der Waals surface area contributed by atoms with E-state index in [9.17, 15) is 63.3 Å². The van der Waals surface area contributed by atoms with Gasteiger partial charge in [-0.25, -0.2) is 4.79 Å². The number of amides is 8. The number of primary amides is 1. The summed E-state index contributed by atoms with van der Waals surface area (Å²) in [5.74, 6) is -9.33. The fourth-order valence-electron chi connectivity index (χ4n) is 5.53. The first-order valence-electron chi connectivity index (χ1n) is 19.7. The second kappa shape index (κ2) is 27.9. The summed E-state index contributed by atoms with van der Waals surface area (Å²) in [6.07, 6.45) is -1.49. The average molecular weight is 919 g/mol. The number of nitrogens with one attached hydrogen (secondary N) is 7. The number of phenolic OH excluding ortho intramolecular Hbond substituents is 1. The van der Waals surface area contributed by atoms with Crippen LogP contribution in [0.2, 0.25) is 0 Å². The number of carbonyl (C=O) groups is 10. The molecule has 2 rings (SSSR count). The van der Waals surface area contributed by atoms with Crippen molar-refractivity contribution in [2.75, 3.05) is 25.2 Å². The van der Waals surface area contributed by atoms with Gasteiger partial charge in [-0.3, -0.25) is 43.2 Å². The van der Waals surface area contributed by atoms with Crippen LogP contribution < -0.4 is 43.0 Å². The van der Waals surface area contributed by atoms with Gasteiger partial charge in [0.05, 0.1) is 13.2 Å². The number of aliphatic hydroxyl groups excluding tert-OH is 1. The standard InChI is InChI=1S/C40H54N8O15S/c1-22(43-40(62)63-21-24-6-4-3-5-7-24)35(57)42-19-31(51)44-27(13-15-33(54)55)36(58)48-30(20-49)39(61)46-28(16-17-64-2)37(59)47-29(18-23-8-10-25(50)11-9-23)38(60)45-26(34(41)56)12-14-32(52)53/h3-11,22,26-30,49-50H,12-21H2,1-2H3,(H2,41,56)(H,42,57)(H,43,62)(H,44,51)(H,45,60)(H,46,61)(H,47,59)(H,48,58)(H,52,53)(H,54,55)/t22-,26-,27-,28-,29-,30-/m0/s1. The van der Waals surface area contributed by atoms with E-state index in [2.05, 4.69) is 37.2 Å². The van der Waals surface area contributed by atoms with E-state index in [-0.39, 0.29) is 37.4 Å². The number of aliphatic carboxylic acids is 2. The van der Waals surface area contributed by atoms with Gasteiger partial charge >= 0.3 is 18.0 Å². The first kappa shape index (κ1) is 53.2. The van der Waals surface area contributed by atoms with Crippen LogP contribution in [0.1, 0.15) is 50.2 Å². The number of hydrogen-bond acceptors (Lipinski definition) is 14. The Hall–Kier alpha value is -6.95. The monoisotopic (exact) mass is 918 g/mol. The quantitative estimate of drug-likeness (QED) is 0.0429. The molecular weight excluding hydrogens is 865 g/mol. The Kier molecular flexibility index (Phi) is 23.2. The number of ether oxygens (including phenoxy) is 1. The van der Waals surface area contributed by atoms with Gasteiger partial charge in [-0.2, -0.15) is 11.8 Å². The SMILES string of the molecule is CSCC[C@H](NC(=O)[C@H](CO)NC(=O)[C@H](CCC(=O)O)NC(=O)CNC(=O)[C@H](C)NC(=O)OCc1ccccc1)C(=O)N[C@@H](Cc1ccc(O)cc1)C(=O)N[C@@H](CCC(=O)O)C(N)=O. The highest BCUT2D eigenvalue weighted by Crippen LogP contribution is 2.13. The largest absolute Gasteiger partial charge is 0.508 e. The number of hydrogen-bond donors (Lipinski definition) is 12. The van der Waals surface area contributed by atoms with Crippen LogP contribution in [0, 0.1) is 0 Å². The van der Waals surface area contributed by atoms with E-state index < -0.39 is 128 Å². The highest BCUT2D eigenvalue weighted by molar-refractivity contribution is 7.98. The van der Waals surface area contributed by atoms with Gasteiger partial charge in [0.1, 0.15) is 48.6 Å². The minimum absolute atomic E-state index is 0.0487. The number of thioether (sulfide) groups is 1. The van der Waals surface area contributed by atoms with Crippen LogP contribution in [0.4, 0.5) is 4.79 Å². The summed E-state index contributed by atoms with van der Waals surface area (Å²) in [7, 11) is 0. The summed E-state index contributed by atoms with van der Waals surface area (Å²) in [5.41, 5.74) is 6.51. The number of carboxylic acids is 2. The van der Waals surface area contributed by atoms with Crippen molar-refractivity contribution in [1.82, 2.24) is 37.2 Å². The van der Waals surface area contributed by atoms with E-state index in [1.807, 2.05) is 0 Å². The van der Waals surface area contributed by atoms with Crippen molar-refractivity contribution < 1.29 is 73.1 Å². The zero-order valence-electron chi connectivity index (χ0n) is 35.0. The number of aliphatic hydroxyl groups is 1. The number of phenols is 1. The smallest absolute Gasteiger partial charge is 0.408 e. The second-order valence-corrected chi connectivity index (χ2v) is 15.1. The molecule has 0 aliphatic carbocycles. The molecule has 2 aromatic carbocycles. The van der Waals surface area contributed by atoms with Crippen LogP contribution in [-0.2, 0) is 60.9 Å². The van der Waals surface area contributed by atoms with E-state index in [4.69, 9.17) is 15.6 Å². The maximum atomic E-state index is 13.7. The van der Waals surface area contributed by atoms with Crippen molar-refractivity contribution in [2.24, 2.45) is 5.73 Å². The fourth-order valence-corrected chi connectivity index (χ4v) is 6.00. The van der Waals surface area contributed by atoms with Crippen LogP contribution in [0.3, 0.4) is 0 Å². The van der Waals surface area contributed by atoms with Crippen LogP contribution in [0.25, 0.3) is 0 Å². The number of nitrogens with two attached hydrogens (primary N) is 1. The van der Waals surface area contributed by atoms with Gasteiger partial charge in [-0.1, -0.05) is 42.5 Å². The normalized spacial score (nSPS) is 13.5. The highest BCUT2D eigenvalue weighted by atomic mass is 32.2. The third-order valence-corrected chi connectivity index (χ3v) is 9.68. The Bertz CT molecular complexity index is 1940. The first-order valence-corrected chi connectivity index (χ1v) is 21.1. The lowest BCUT2D eigenvalue weighted by molar-refractivity contribution is -0.139. The molecule has 0 heterocycles. The molecule has 350 valence electrons. The van der Waals surface area contributed by atoms with Gasteiger partial charge in [-0.05, 0) is 61.5 Å². The molecule has 0 saturated carbocycles. The first-order chi connectivity index (χ1) is 30.3. The fraction of sp³-hybridized carbons (Fsp3) is 0.450. The van der Waals surface area contributed by atoms with E-state index in [0.29, 0.717) is 11.1 Å². The molecule has 64 heavy (non-hydrogen) atoms. The van der Waals surface area contributed by atoms with Crippen molar-refractivity contribution in [3.63, 3.8) is 0 Å². The maximum Gasteiger partial charge on any atom is 0.408 e. The van der Waals surface area contributed by atoms with Gasteiger partial charge in [0, 0.05) is 19.3 Å². The Morgan fingerprint density at radius 3 is 1.72 bits per heavy atom. The van der Waals surface area contributed by atoms with Gasteiger partial charge in [0.25, 0.3) is 0 Å². The van der Waals surface area contributed by atoms with Crippen molar-refractivity contribution in [3.05, 3.63) is 65.7 Å². The van der Waals surface area contributed by atoms with Crippen molar-refractivity contribution in [3.8, 4) is 5.75 Å². The summed E-state index contributed by atoms with van der Waals surface area (Å²) >= 11 is 1.28. The number of carboxylic acid groups (broad SMARTS) is 2. The van der Waals surface area contributed by atoms with Gasteiger partial charge < -0.3 is 68.1 Å². The molecule has 2 aromatic rings. The predicted octanol–water partition coefficient (Wildman–Crippen LogP) is -2.25. The molecule has 0 aromatic heterocycles. The van der Waals surface area contributed by atoms with Gasteiger partial charge in [0.15, 0.2) is 0 Å². The number of rotatable bonds is 28. The van der Waals surface area contributed by atoms with Crippen molar-refractivity contribution in [1.29, 1.82) is 0 Å². The minimum atomic E-state index is -1.77. The molecule has 0 bridgehead atoms. The van der Waals surface area contributed by atoms with E-state index in [1.165, 1.54) is 43.0 Å². The third kappa shape index (κ3) is 20.3. The molecule has 0 spiro atoms. The number of carbonyl (C=O) groups excluding carboxylic acids is 8. The molecule has 13 N–H and O–H groups in total. The Labute approximate surface area is 371 Å². The predicted molar refractivity (Wildman–Crippen MR) is 227 cm³/mol. The molecule has 0 aliphatic rings. The number of alkyl carbamates (subject to hydrolysis) is 1. The zero-order chi connectivity index (χ0) is 47.8. The van der Waals surface area contributed by atoms with Crippen molar-refractivity contribution in [2.45, 2.75) is 88.3 Å². The molecule has 0 radical (unpaired) electrons. The van der Waals surface area contributed by atoms with Gasteiger partial charge in [-0.15, -0.1) is 0 Å². The molecule has 0 fully saturated rings. The van der Waals surface area contributed by atoms with Gasteiger partial charge in [0.2, 0.25) is 41.4 Å². The topological polar surface area (TPSA) is 371 Å². The van der Waals surface area contributed by atoms with Crippen LogP contribution in [-0.4, -0.2) is 141 Å². The molecule has 0 aliphatic heterocycles. The molecule has 6 atom stereocenters. The molecular formula is C40H54N8O15S. The summed E-state index contributed by atoms with van der Waals surface area (Å²) in [6, 6.07) is 5.43. The summed E-state index contributed by atoms with van der Waals surface area (Å²) in [4.78, 5) is 126. The maximum absolute atomic E-state index is 13.7. The van der Waals surface area contributed by atoms with Crippen LogP contribution in [0.5, 0.6) is 5.75 Å². The third-order valence-electron chi connectivity index (χ3n) is 9.04. The molecule has 8 amide bonds. The van der Waals surface area contributed by atoms with Crippen molar-refractivity contribution >= 4 is 71.1 Å². The van der Waals surface area contributed by atoms with Crippen LogP contribution in [0.15, 0.2) is 54.6 Å². The zero-order valence-corrected chi connectivity index (χ0v) is 35.8. The van der Waals surface area contributed by atoms with Crippen LogP contribution >= 0.6 is 11.8 Å². The summed E-state index contributed by atoms with van der Waals surface area (Å²) in [6.45, 7) is -0.523.